The summed E-state index contributed by atoms with van der Waals surface area (Å²) >= 11 is 0. The molecule has 2 N–H and O–H groups in total. The van der Waals surface area contributed by atoms with Crippen LogP contribution < -0.4 is 15.4 Å². The molecule has 0 bridgehead atoms. The second-order valence-electron chi connectivity index (χ2n) is 5.33. The van der Waals surface area contributed by atoms with Crippen molar-refractivity contribution >= 4 is 23.3 Å². The Bertz CT molecular complexity index is 725. The third-order valence-electron chi connectivity index (χ3n) is 3.81. The first-order valence-corrected chi connectivity index (χ1v) is 8.19. The Balaban J connectivity index is 2.15. The molecule has 0 spiro atoms. The van der Waals surface area contributed by atoms with Crippen molar-refractivity contribution in [3.8, 4) is 5.75 Å². The van der Waals surface area contributed by atoms with E-state index in [1.165, 1.54) is 0 Å². The average Bonchev–Trinajstić information content (AvgIpc) is 2.63. The number of hydrogen-bond acceptors (Lipinski definition) is 3. The number of para-hydroxylation sites is 1. The summed E-state index contributed by atoms with van der Waals surface area (Å²) < 4.78 is 5.10. The van der Waals surface area contributed by atoms with E-state index >= 15 is 0 Å². The number of methoxy groups -OCH3 is 1. The normalized spacial score (nSPS) is 10.0. The van der Waals surface area contributed by atoms with Crippen LogP contribution in [-0.4, -0.2) is 37.0 Å². The lowest BCUT2D eigenvalue weighted by molar-refractivity contribution is 0.102. The molecule has 6 nitrogen and oxygen atoms in total. The highest BCUT2D eigenvalue weighted by Gasteiger charge is 2.15. The molecule has 0 aliphatic heterocycles. The van der Waals surface area contributed by atoms with Gasteiger partial charge >= 0.3 is 6.03 Å². The Morgan fingerprint density at radius 3 is 2.20 bits per heavy atom. The van der Waals surface area contributed by atoms with Crippen molar-refractivity contribution in [1.29, 1.82) is 0 Å². The maximum atomic E-state index is 12.6. The molecule has 132 valence electrons. The van der Waals surface area contributed by atoms with Gasteiger partial charge in [-0.25, -0.2) is 4.79 Å². The van der Waals surface area contributed by atoms with Gasteiger partial charge in [0.1, 0.15) is 5.75 Å². The molecule has 0 atom stereocenters. The molecule has 0 aliphatic rings. The highest BCUT2D eigenvalue weighted by atomic mass is 16.5. The van der Waals surface area contributed by atoms with Gasteiger partial charge in [0, 0.05) is 18.8 Å². The van der Waals surface area contributed by atoms with E-state index in [0.29, 0.717) is 35.8 Å². The molecule has 0 heterocycles. The number of ether oxygens (including phenoxy) is 1. The zero-order valence-corrected chi connectivity index (χ0v) is 14.7. The van der Waals surface area contributed by atoms with E-state index in [2.05, 4.69) is 10.6 Å². The third-order valence-corrected chi connectivity index (χ3v) is 3.81. The van der Waals surface area contributed by atoms with Crippen LogP contribution in [0.25, 0.3) is 0 Å². The number of carbonyl (C=O) groups is 2. The fourth-order valence-corrected chi connectivity index (χ4v) is 2.37. The molecular formula is C19H23N3O3. The van der Waals surface area contributed by atoms with Crippen LogP contribution in [0.1, 0.15) is 24.2 Å². The Kier molecular flexibility index (Phi) is 6.39. The van der Waals surface area contributed by atoms with Crippen LogP contribution in [0.5, 0.6) is 5.75 Å². The number of amides is 3. The first kappa shape index (κ1) is 18.3. The number of benzene rings is 2. The molecule has 6 heteroatoms. The van der Waals surface area contributed by atoms with Crippen molar-refractivity contribution in [3.63, 3.8) is 0 Å². The SMILES string of the molecule is CCN(CC)C(=O)Nc1ccccc1C(=O)Nc1ccc(OC)cc1. The smallest absolute Gasteiger partial charge is 0.321 e. The van der Waals surface area contributed by atoms with Gasteiger partial charge in [-0.1, -0.05) is 12.1 Å². The van der Waals surface area contributed by atoms with Crippen molar-refractivity contribution in [2.24, 2.45) is 0 Å². The van der Waals surface area contributed by atoms with Gasteiger partial charge < -0.3 is 20.3 Å². The van der Waals surface area contributed by atoms with Gasteiger partial charge in [-0.3, -0.25) is 4.79 Å². The molecule has 0 unspecified atom stereocenters. The fraction of sp³-hybridized carbons (Fsp3) is 0.263. The van der Waals surface area contributed by atoms with Gasteiger partial charge in [0.15, 0.2) is 0 Å². The number of anilines is 2. The second kappa shape index (κ2) is 8.73. The van der Waals surface area contributed by atoms with Crippen molar-refractivity contribution in [2.45, 2.75) is 13.8 Å². The predicted octanol–water partition coefficient (Wildman–Crippen LogP) is 3.82. The first-order valence-electron chi connectivity index (χ1n) is 8.19. The van der Waals surface area contributed by atoms with Gasteiger partial charge in [-0.15, -0.1) is 0 Å². The molecule has 0 radical (unpaired) electrons. The van der Waals surface area contributed by atoms with E-state index in [9.17, 15) is 9.59 Å². The lowest BCUT2D eigenvalue weighted by Gasteiger charge is -2.20. The summed E-state index contributed by atoms with van der Waals surface area (Å²) in [6, 6.07) is 13.8. The number of rotatable bonds is 6. The van der Waals surface area contributed by atoms with E-state index in [0.717, 1.165) is 0 Å². The van der Waals surface area contributed by atoms with Gasteiger partial charge in [-0.05, 0) is 50.2 Å². The lowest BCUT2D eigenvalue weighted by Crippen LogP contribution is -2.35. The van der Waals surface area contributed by atoms with Crippen LogP contribution in [0.4, 0.5) is 16.2 Å². The first-order chi connectivity index (χ1) is 12.1. The van der Waals surface area contributed by atoms with E-state index in [1.807, 2.05) is 13.8 Å². The molecule has 25 heavy (non-hydrogen) atoms. The van der Waals surface area contributed by atoms with Crippen LogP contribution in [0.15, 0.2) is 48.5 Å². The Labute approximate surface area is 147 Å². The zero-order chi connectivity index (χ0) is 18.2. The standard InChI is InChI=1S/C19H23N3O3/c1-4-22(5-2)19(24)21-17-9-7-6-8-16(17)18(23)20-14-10-12-15(25-3)13-11-14/h6-13H,4-5H2,1-3H3,(H,20,23)(H,21,24). The van der Waals surface area contributed by atoms with Crippen molar-refractivity contribution in [2.75, 3.05) is 30.8 Å². The maximum Gasteiger partial charge on any atom is 0.321 e. The number of nitrogens with one attached hydrogen (secondary N) is 2. The molecule has 0 aromatic heterocycles. The van der Waals surface area contributed by atoms with Crippen LogP contribution in [-0.2, 0) is 0 Å². The summed E-state index contributed by atoms with van der Waals surface area (Å²) in [7, 11) is 1.59. The van der Waals surface area contributed by atoms with Gasteiger partial charge in [0.2, 0.25) is 0 Å². The van der Waals surface area contributed by atoms with Crippen molar-refractivity contribution in [1.82, 2.24) is 4.90 Å². The van der Waals surface area contributed by atoms with Crippen molar-refractivity contribution < 1.29 is 14.3 Å². The predicted molar refractivity (Wildman–Crippen MR) is 99.3 cm³/mol. The highest BCUT2D eigenvalue weighted by molar-refractivity contribution is 6.09. The van der Waals surface area contributed by atoms with E-state index in [4.69, 9.17) is 4.74 Å². The summed E-state index contributed by atoms with van der Waals surface area (Å²) in [5.41, 5.74) is 1.53. The molecule has 2 aromatic rings. The monoisotopic (exact) mass is 341 g/mol. The van der Waals surface area contributed by atoms with Crippen molar-refractivity contribution in [3.05, 3.63) is 54.1 Å². The Morgan fingerprint density at radius 1 is 0.960 bits per heavy atom. The van der Waals surface area contributed by atoms with E-state index in [1.54, 1.807) is 60.5 Å². The largest absolute Gasteiger partial charge is 0.497 e. The summed E-state index contributed by atoms with van der Waals surface area (Å²) in [4.78, 5) is 26.5. The Morgan fingerprint density at radius 2 is 1.60 bits per heavy atom. The molecular weight excluding hydrogens is 318 g/mol. The Hall–Kier alpha value is -3.02. The zero-order valence-electron chi connectivity index (χ0n) is 14.7. The minimum Gasteiger partial charge on any atom is -0.497 e. The summed E-state index contributed by atoms with van der Waals surface area (Å²) in [6.45, 7) is 5.02. The van der Waals surface area contributed by atoms with Crippen LogP contribution >= 0.6 is 0 Å². The lowest BCUT2D eigenvalue weighted by atomic mass is 10.1. The topological polar surface area (TPSA) is 70.7 Å². The fourth-order valence-electron chi connectivity index (χ4n) is 2.37. The molecule has 2 aromatic carbocycles. The quantitative estimate of drug-likeness (QED) is 0.839. The third kappa shape index (κ3) is 4.73. The average molecular weight is 341 g/mol. The van der Waals surface area contributed by atoms with Gasteiger partial charge in [0.25, 0.3) is 5.91 Å². The second-order valence-corrected chi connectivity index (χ2v) is 5.33. The molecule has 0 saturated carbocycles. The molecule has 0 aliphatic carbocycles. The number of hydrogen-bond donors (Lipinski definition) is 2. The summed E-state index contributed by atoms with van der Waals surface area (Å²) in [6.07, 6.45) is 0. The number of urea groups is 1. The minimum absolute atomic E-state index is 0.227. The van der Waals surface area contributed by atoms with Crippen LogP contribution in [0.2, 0.25) is 0 Å². The van der Waals surface area contributed by atoms with Gasteiger partial charge in [0.05, 0.1) is 18.4 Å². The number of nitrogens with zero attached hydrogens (tertiary/aromatic N) is 1. The van der Waals surface area contributed by atoms with E-state index in [-0.39, 0.29) is 11.9 Å². The summed E-state index contributed by atoms with van der Waals surface area (Å²) in [5, 5.41) is 5.62. The van der Waals surface area contributed by atoms with Crippen LogP contribution in [0.3, 0.4) is 0 Å². The summed E-state index contributed by atoms with van der Waals surface area (Å²) in [5.74, 6) is 0.422. The molecule has 3 amide bonds. The minimum atomic E-state index is -0.291. The number of carbonyl (C=O) groups excluding carboxylic acids is 2. The molecule has 2 rings (SSSR count). The molecule has 0 saturated heterocycles. The van der Waals surface area contributed by atoms with Crippen LogP contribution in [0, 0.1) is 0 Å². The highest BCUT2D eigenvalue weighted by Crippen LogP contribution is 2.19. The maximum absolute atomic E-state index is 12.6. The van der Waals surface area contributed by atoms with Gasteiger partial charge in [-0.2, -0.15) is 0 Å². The molecule has 0 fully saturated rings. The van der Waals surface area contributed by atoms with E-state index < -0.39 is 0 Å².